The van der Waals surface area contributed by atoms with Crippen molar-refractivity contribution in [3.63, 3.8) is 0 Å². The standard InChI is InChI=1S/C20H22FN3O4S/c1-2-28-19(27)14-4-3-9-24(11-14)17(25)10-16-12-29-20(22-16)23-18(26)13-5-7-15(21)8-6-13/h5-8,12,14H,2-4,9-11H2,1H3,(H,22,23,26). The van der Waals surface area contributed by atoms with Crippen molar-refractivity contribution in [2.24, 2.45) is 5.92 Å². The van der Waals surface area contributed by atoms with Gasteiger partial charge in [-0.25, -0.2) is 9.37 Å². The topological polar surface area (TPSA) is 88.6 Å². The van der Waals surface area contributed by atoms with Gasteiger partial charge in [-0.05, 0) is 44.0 Å². The number of likely N-dealkylation sites (tertiary alicyclic amines) is 1. The van der Waals surface area contributed by atoms with Crippen molar-refractivity contribution in [1.29, 1.82) is 0 Å². The number of esters is 1. The Hall–Kier alpha value is -2.81. The van der Waals surface area contributed by atoms with Gasteiger partial charge in [-0.3, -0.25) is 19.7 Å². The van der Waals surface area contributed by atoms with E-state index in [1.807, 2.05) is 0 Å². The third-order valence-corrected chi connectivity index (χ3v) is 5.41. The molecule has 1 aromatic carbocycles. The zero-order chi connectivity index (χ0) is 20.8. The number of thiazole rings is 1. The number of anilines is 1. The van der Waals surface area contributed by atoms with Crippen molar-refractivity contribution < 1.29 is 23.5 Å². The van der Waals surface area contributed by atoms with Crippen LogP contribution in [0.15, 0.2) is 29.6 Å². The molecule has 1 aromatic heterocycles. The fourth-order valence-electron chi connectivity index (χ4n) is 3.14. The molecule has 3 rings (SSSR count). The van der Waals surface area contributed by atoms with Crippen molar-refractivity contribution in [2.75, 3.05) is 25.0 Å². The number of aromatic nitrogens is 1. The molecule has 1 fully saturated rings. The number of hydrogen-bond donors (Lipinski definition) is 1. The van der Waals surface area contributed by atoms with Gasteiger partial charge in [0.25, 0.3) is 5.91 Å². The number of halogens is 1. The largest absolute Gasteiger partial charge is 0.466 e. The Balaban J connectivity index is 1.55. The number of benzene rings is 1. The maximum Gasteiger partial charge on any atom is 0.310 e. The van der Waals surface area contributed by atoms with Gasteiger partial charge in [-0.1, -0.05) is 0 Å². The lowest BCUT2D eigenvalue weighted by molar-refractivity contribution is -0.151. The highest BCUT2D eigenvalue weighted by atomic mass is 32.1. The van der Waals surface area contributed by atoms with Gasteiger partial charge < -0.3 is 9.64 Å². The molecule has 2 amide bonds. The fourth-order valence-corrected chi connectivity index (χ4v) is 3.84. The van der Waals surface area contributed by atoms with E-state index in [-0.39, 0.29) is 24.2 Å². The second kappa shape index (κ2) is 9.60. The van der Waals surface area contributed by atoms with Crippen LogP contribution in [0.4, 0.5) is 9.52 Å². The monoisotopic (exact) mass is 419 g/mol. The molecule has 2 aromatic rings. The van der Waals surface area contributed by atoms with Crippen LogP contribution in [0.25, 0.3) is 0 Å². The van der Waals surface area contributed by atoms with E-state index in [4.69, 9.17) is 4.74 Å². The molecule has 0 aliphatic carbocycles. The average Bonchev–Trinajstić information content (AvgIpc) is 3.15. The summed E-state index contributed by atoms with van der Waals surface area (Å²) in [5.41, 5.74) is 0.866. The van der Waals surface area contributed by atoms with Crippen LogP contribution in [0.3, 0.4) is 0 Å². The number of carbonyl (C=O) groups is 3. The van der Waals surface area contributed by atoms with E-state index in [9.17, 15) is 18.8 Å². The Labute approximate surface area is 171 Å². The lowest BCUT2D eigenvalue weighted by Gasteiger charge is -2.31. The van der Waals surface area contributed by atoms with E-state index < -0.39 is 11.7 Å². The normalized spacial score (nSPS) is 16.3. The van der Waals surface area contributed by atoms with Gasteiger partial charge >= 0.3 is 5.97 Å². The molecule has 1 aliphatic rings. The summed E-state index contributed by atoms with van der Waals surface area (Å²) < 4.78 is 18.0. The van der Waals surface area contributed by atoms with Crippen LogP contribution in [-0.2, 0) is 20.7 Å². The van der Waals surface area contributed by atoms with E-state index >= 15 is 0 Å². The Bertz CT molecular complexity index is 884. The van der Waals surface area contributed by atoms with Crippen LogP contribution in [0.2, 0.25) is 0 Å². The highest BCUT2D eigenvalue weighted by Gasteiger charge is 2.29. The summed E-state index contributed by atoms with van der Waals surface area (Å²) in [6, 6.07) is 5.20. The minimum absolute atomic E-state index is 0.0957. The molecule has 29 heavy (non-hydrogen) atoms. The third-order valence-electron chi connectivity index (χ3n) is 4.60. The second-order valence-electron chi connectivity index (χ2n) is 6.71. The third kappa shape index (κ3) is 5.60. The van der Waals surface area contributed by atoms with Gasteiger partial charge in [0, 0.05) is 24.0 Å². The molecular weight excluding hydrogens is 397 g/mol. The van der Waals surface area contributed by atoms with Gasteiger partial charge in [0.2, 0.25) is 5.91 Å². The molecule has 1 atom stereocenters. The van der Waals surface area contributed by atoms with Crippen molar-refractivity contribution in [3.05, 3.63) is 46.7 Å². The molecule has 0 bridgehead atoms. The van der Waals surface area contributed by atoms with E-state index in [2.05, 4.69) is 10.3 Å². The van der Waals surface area contributed by atoms with Crippen molar-refractivity contribution >= 4 is 34.3 Å². The van der Waals surface area contributed by atoms with Crippen LogP contribution in [0.1, 0.15) is 35.8 Å². The quantitative estimate of drug-likeness (QED) is 0.728. The smallest absolute Gasteiger partial charge is 0.310 e. The number of nitrogens with zero attached hydrogens (tertiary/aromatic N) is 2. The first-order valence-electron chi connectivity index (χ1n) is 9.42. The average molecular weight is 419 g/mol. The Morgan fingerprint density at radius 3 is 2.79 bits per heavy atom. The summed E-state index contributed by atoms with van der Waals surface area (Å²) in [4.78, 5) is 42.7. The molecule has 2 heterocycles. The first kappa shape index (κ1) is 20.9. The molecule has 0 saturated carbocycles. The maximum atomic E-state index is 13.0. The van der Waals surface area contributed by atoms with Crippen LogP contribution in [0, 0.1) is 11.7 Å². The van der Waals surface area contributed by atoms with Crippen LogP contribution >= 0.6 is 11.3 Å². The minimum Gasteiger partial charge on any atom is -0.466 e. The fraction of sp³-hybridized carbons (Fsp3) is 0.400. The first-order chi connectivity index (χ1) is 14.0. The van der Waals surface area contributed by atoms with E-state index in [0.29, 0.717) is 36.1 Å². The van der Waals surface area contributed by atoms with Crippen molar-refractivity contribution in [3.8, 4) is 0 Å². The predicted molar refractivity (Wildman–Crippen MR) is 106 cm³/mol. The molecule has 9 heteroatoms. The molecule has 1 aliphatic heterocycles. The molecule has 0 radical (unpaired) electrons. The summed E-state index contributed by atoms with van der Waals surface area (Å²) in [6.45, 7) is 3.05. The molecule has 1 saturated heterocycles. The molecule has 154 valence electrons. The molecule has 1 N–H and O–H groups in total. The number of carbonyl (C=O) groups excluding carboxylic acids is 3. The first-order valence-corrected chi connectivity index (χ1v) is 10.3. The van der Waals surface area contributed by atoms with E-state index in [1.54, 1.807) is 17.2 Å². The lowest BCUT2D eigenvalue weighted by atomic mass is 9.98. The van der Waals surface area contributed by atoms with Crippen LogP contribution in [0.5, 0.6) is 0 Å². The number of rotatable bonds is 6. The number of amides is 2. The number of piperidine rings is 1. The molecule has 0 spiro atoms. The van der Waals surface area contributed by atoms with Crippen LogP contribution < -0.4 is 5.32 Å². The zero-order valence-corrected chi connectivity index (χ0v) is 16.8. The van der Waals surface area contributed by atoms with Gasteiger partial charge in [0.05, 0.1) is 24.6 Å². The molecular formula is C20H22FN3O4S. The van der Waals surface area contributed by atoms with Crippen molar-refractivity contribution in [2.45, 2.75) is 26.2 Å². The summed E-state index contributed by atoms with van der Waals surface area (Å²) >= 11 is 1.21. The van der Waals surface area contributed by atoms with Crippen LogP contribution in [-0.4, -0.2) is 47.4 Å². The number of ether oxygens (including phenoxy) is 1. The van der Waals surface area contributed by atoms with Gasteiger partial charge in [-0.15, -0.1) is 11.3 Å². The maximum absolute atomic E-state index is 13.0. The summed E-state index contributed by atoms with van der Waals surface area (Å²) in [7, 11) is 0. The van der Waals surface area contributed by atoms with E-state index in [1.165, 1.54) is 35.6 Å². The Morgan fingerprint density at radius 1 is 1.31 bits per heavy atom. The van der Waals surface area contributed by atoms with Crippen molar-refractivity contribution in [1.82, 2.24) is 9.88 Å². The summed E-state index contributed by atoms with van der Waals surface area (Å²) in [6.07, 6.45) is 1.57. The second-order valence-corrected chi connectivity index (χ2v) is 7.57. The predicted octanol–water partition coefficient (Wildman–Crippen LogP) is 2.88. The van der Waals surface area contributed by atoms with Gasteiger partial charge in [-0.2, -0.15) is 0 Å². The molecule has 7 nitrogen and oxygen atoms in total. The summed E-state index contributed by atoms with van der Waals surface area (Å²) in [5.74, 6) is -1.47. The summed E-state index contributed by atoms with van der Waals surface area (Å²) in [5, 5.41) is 4.73. The molecule has 1 unspecified atom stereocenters. The zero-order valence-electron chi connectivity index (χ0n) is 16.0. The highest BCUT2D eigenvalue weighted by Crippen LogP contribution is 2.21. The number of nitrogens with one attached hydrogen (secondary N) is 1. The Kier molecular flexibility index (Phi) is 6.92. The lowest BCUT2D eigenvalue weighted by Crippen LogP contribution is -2.43. The number of hydrogen-bond acceptors (Lipinski definition) is 6. The minimum atomic E-state index is -0.417. The van der Waals surface area contributed by atoms with Gasteiger partial charge in [0.1, 0.15) is 5.82 Å². The Morgan fingerprint density at radius 2 is 2.07 bits per heavy atom. The van der Waals surface area contributed by atoms with E-state index in [0.717, 1.165) is 12.8 Å². The highest BCUT2D eigenvalue weighted by molar-refractivity contribution is 7.14. The SMILES string of the molecule is CCOC(=O)C1CCCN(C(=O)Cc2csc(NC(=O)c3ccc(F)cc3)n2)C1. The van der Waals surface area contributed by atoms with Gasteiger partial charge in [0.15, 0.2) is 5.13 Å².